The van der Waals surface area contributed by atoms with Gasteiger partial charge in [-0.25, -0.2) is 4.98 Å². The van der Waals surface area contributed by atoms with E-state index in [4.69, 9.17) is 5.73 Å². The predicted molar refractivity (Wildman–Crippen MR) is 115 cm³/mol. The van der Waals surface area contributed by atoms with Crippen LogP contribution in [0.2, 0.25) is 0 Å². The van der Waals surface area contributed by atoms with Gasteiger partial charge in [-0.05, 0) is 24.1 Å². The smallest absolute Gasteiger partial charge is 0.214 e. The number of fused-ring (bicyclic) bond motifs is 1. The first-order valence-corrected chi connectivity index (χ1v) is 10.1. The zero-order chi connectivity index (χ0) is 22.0. The van der Waals surface area contributed by atoms with E-state index in [1.54, 1.807) is 41.3 Å². The number of nitrogen functional groups attached to an aromatic ring is 1. The number of anilines is 2. The number of benzene rings is 1. The lowest BCUT2D eigenvalue weighted by molar-refractivity contribution is 0.312. The number of halogens is 1. The number of oxime groups is 2. The van der Waals surface area contributed by atoms with Gasteiger partial charge >= 0.3 is 0 Å². The van der Waals surface area contributed by atoms with Crippen LogP contribution in [0.4, 0.5) is 15.2 Å². The molecular weight excluding hydrogens is 419 g/mol. The molecule has 1 aliphatic heterocycles. The number of hydrogen-bond acceptors (Lipinski definition) is 9. The number of pyridine rings is 1. The van der Waals surface area contributed by atoms with Gasteiger partial charge in [0.05, 0.1) is 5.56 Å². The first-order chi connectivity index (χ1) is 15.1. The molecule has 1 aromatic carbocycles. The summed E-state index contributed by atoms with van der Waals surface area (Å²) in [5.74, 6) is -0.348. The van der Waals surface area contributed by atoms with Crippen molar-refractivity contribution in [2.45, 2.75) is 12.5 Å². The van der Waals surface area contributed by atoms with Crippen LogP contribution in [0.1, 0.15) is 27.6 Å². The zero-order valence-electron chi connectivity index (χ0n) is 16.1. The minimum absolute atomic E-state index is 0.0199. The Morgan fingerprint density at radius 1 is 1.19 bits per heavy atom. The summed E-state index contributed by atoms with van der Waals surface area (Å²) in [5, 5.41) is 36.5. The first-order valence-electron chi connectivity index (χ1n) is 9.29. The molecule has 3 aromatic rings. The second-order valence-corrected chi connectivity index (χ2v) is 7.84. The van der Waals surface area contributed by atoms with Crippen molar-refractivity contribution >= 4 is 33.6 Å². The number of rotatable bonds is 4. The van der Waals surface area contributed by atoms with E-state index >= 15 is 0 Å². The van der Waals surface area contributed by atoms with E-state index in [0.29, 0.717) is 39.8 Å². The van der Waals surface area contributed by atoms with Gasteiger partial charge in [0.2, 0.25) is 5.95 Å². The highest BCUT2D eigenvalue weighted by Crippen LogP contribution is 2.43. The number of nitrogens with zero attached hydrogens (tertiary/aromatic N) is 5. The molecule has 0 aliphatic carbocycles. The largest absolute Gasteiger partial charge is 0.411 e. The van der Waals surface area contributed by atoms with Crippen LogP contribution in [-0.2, 0) is 6.42 Å². The van der Waals surface area contributed by atoms with Gasteiger partial charge in [0, 0.05) is 17.0 Å². The van der Waals surface area contributed by atoms with Crippen molar-refractivity contribution in [1.82, 2.24) is 4.98 Å². The molecule has 1 unspecified atom stereocenters. The van der Waals surface area contributed by atoms with E-state index < -0.39 is 12.0 Å². The average Bonchev–Trinajstić information content (AvgIpc) is 3.12. The van der Waals surface area contributed by atoms with Gasteiger partial charge in [0.1, 0.15) is 34.4 Å². The van der Waals surface area contributed by atoms with Crippen LogP contribution >= 0.6 is 11.3 Å². The Bertz CT molecular complexity index is 1220. The lowest BCUT2D eigenvalue weighted by Gasteiger charge is -2.36. The summed E-state index contributed by atoms with van der Waals surface area (Å²) in [4.78, 5) is 6.36. The topological polar surface area (TPSA) is 131 Å². The molecule has 10 heteroatoms. The molecule has 0 saturated carbocycles. The Kier molecular flexibility index (Phi) is 5.51. The quantitative estimate of drug-likeness (QED) is 0.248. The Balaban J connectivity index is 1.92. The van der Waals surface area contributed by atoms with Gasteiger partial charge < -0.3 is 21.0 Å². The van der Waals surface area contributed by atoms with Gasteiger partial charge in [-0.15, -0.1) is 11.3 Å². The van der Waals surface area contributed by atoms with Crippen LogP contribution in [-0.4, -0.2) is 33.4 Å². The summed E-state index contributed by atoms with van der Waals surface area (Å²) in [7, 11) is 0. The Hall–Kier alpha value is -3.97. The van der Waals surface area contributed by atoms with Crippen LogP contribution < -0.4 is 10.6 Å². The number of thiophene rings is 1. The predicted octanol–water partition coefficient (Wildman–Crippen LogP) is 3.55. The lowest BCUT2D eigenvalue weighted by Crippen LogP contribution is -2.42. The van der Waals surface area contributed by atoms with Gasteiger partial charge in [-0.1, -0.05) is 46.7 Å². The molecule has 4 N–H and O–H groups in total. The highest BCUT2D eigenvalue weighted by atomic mass is 32.1. The van der Waals surface area contributed by atoms with Crippen molar-refractivity contribution in [3.63, 3.8) is 0 Å². The fraction of sp³-hybridized carbons (Fsp3) is 0.143. The first kappa shape index (κ1) is 20.3. The van der Waals surface area contributed by atoms with Gasteiger partial charge in [-0.3, -0.25) is 0 Å². The fourth-order valence-electron chi connectivity index (χ4n) is 3.76. The van der Waals surface area contributed by atoms with E-state index in [2.05, 4.69) is 21.4 Å². The van der Waals surface area contributed by atoms with Crippen LogP contribution in [0.25, 0.3) is 0 Å². The molecule has 0 saturated heterocycles. The number of aromatic nitrogens is 1. The summed E-state index contributed by atoms with van der Waals surface area (Å²) in [6, 6.07) is 14.4. The van der Waals surface area contributed by atoms with E-state index in [1.165, 1.54) is 23.5 Å². The molecule has 156 valence electrons. The second kappa shape index (κ2) is 8.41. The molecule has 31 heavy (non-hydrogen) atoms. The maximum atomic E-state index is 13.9. The van der Waals surface area contributed by atoms with E-state index in [1.807, 2.05) is 0 Å². The summed E-state index contributed by atoms with van der Waals surface area (Å²) in [5.41, 5.74) is 7.76. The van der Waals surface area contributed by atoms with Crippen LogP contribution in [0.5, 0.6) is 0 Å². The second-order valence-electron chi connectivity index (χ2n) is 6.76. The monoisotopic (exact) mass is 436 g/mol. The molecule has 0 fully saturated rings. The van der Waals surface area contributed by atoms with Crippen LogP contribution in [0, 0.1) is 17.3 Å². The van der Waals surface area contributed by atoms with Gasteiger partial charge in [-0.2, -0.15) is 9.65 Å². The highest BCUT2D eigenvalue weighted by Gasteiger charge is 2.39. The molecule has 0 amide bonds. The Morgan fingerprint density at radius 2 is 1.97 bits per heavy atom. The molecule has 4 rings (SSSR count). The van der Waals surface area contributed by atoms with Crippen molar-refractivity contribution in [2.24, 2.45) is 10.3 Å². The molecule has 3 heterocycles. The summed E-state index contributed by atoms with van der Waals surface area (Å²) in [6.07, 6.45) is 0.469. The van der Waals surface area contributed by atoms with Crippen LogP contribution in [0.3, 0.4) is 0 Å². The molecule has 1 aliphatic rings. The molecule has 8 nitrogen and oxygen atoms in total. The SMILES string of the molecule is N#Cc1c(N)sc2c1CCN(c1cccc(F)n1)C2C(=NO)C(=NO)c1ccccc1. The summed E-state index contributed by atoms with van der Waals surface area (Å²) >= 11 is 1.18. The maximum Gasteiger partial charge on any atom is 0.214 e. The van der Waals surface area contributed by atoms with E-state index in [9.17, 15) is 20.1 Å². The Labute approximate surface area is 181 Å². The summed E-state index contributed by atoms with van der Waals surface area (Å²) < 4.78 is 13.9. The van der Waals surface area contributed by atoms with Crippen molar-refractivity contribution < 1.29 is 14.8 Å². The highest BCUT2D eigenvalue weighted by molar-refractivity contribution is 7.16. The van der Waals surface area contributed by atoms with Crippen molar-refractivity contribution in [2.75, 3.05) is 17.2 Å². The summed E-state index contributed by atoms with van der Waals surface area (Å²) in [6.45, 7) is 0.353. The van der Waals surface area contributed by atoms with Crippen molar-refractivity contribution in [3.05, 3.63) is 76.0 Å². The minimum atomic E-state index is -0.802. The molecule has 0 bridgehead atoms. The molecular formula is C21H17FN6O2S. The maximum absolute atomic E-state index is 13.9. The van der Waals surface area contributed by atoms with Gasteiger partial charge in [0.25, 0.3) is 0 Å². The third-order valence-corrected chi connectivity index (χ3v) is 6.20. The normalized spacial score (nSPS) is 16.6. The lowest BCUT2D eigenvalue weighted by atomic mass is 9.91. The van der Waals surface area contributed by atoms with E-state index in [-0.39, 0.29) is 11.4 Å². The van der Waals surface area contributed by atoms with Crippen LogP contribution in [0.15, 0.2) is 58.8 Å². The fourth-order valence-corrected chi connectivity index (χ4v) is 4.94. The molecule has 0 spiro atoms. The minimum Gasteiger partial charge on any atom is -0.411 e. The third kappa shape index (κ3) is 3.55. The Morgan fingerprint density at radius 3 is 2.61 bits per heavy atom. The number of hydrogen-bond donors (Lipinski definition) is 3. The average molecular weight is 436 g/mol. The standard InChI is InChI=1S/C21H17FN6O2S/c22-15-7-4-8-16(25-15)28-10-9-13-14(11-23)21(24)31-20(13)19(28)18(27-30)17(26-29)12-5-2-1-3-6-12/h1-8,19,29-30H,9-10,24H2. The zero-order valence-corrected chi connectivity index (χ0v) is 16.9. The van der Waals surface area contributed by atoms with Crippen molar-refractivity contribution in [3.8, 4) is 6.07 Å². The number of nitriles is 1. The van der Waals surface area contributed by atoms with E-state index in [0.717, 1.165) is 5.56 Å². The molecule has 2 aromatic heterocycles. The van der Waals surface area contributed by atoms with Crippen molar-refractivity contribution in [1.29, 1.82) is 5.26 Å². The third-order valence-electron chi connectivity index (χ3n) is 5.09. The molecule has 0 radical (unpaired) electrons. The molecule has 1 atom stereocenters. The number of nitrogens with two attached hydrogens (primary N) is 1. The van der Waals surface area contributed by atoms with Gasteiger partial charge in [0.15, 0.2) is 0 Å².